The third-order valence-corrected chi connectivity index (χ3v) is 3.60. The third kappa shape index (κ3) is 3.76. The number of hydrazine groups is 1. The summed E-state index contributed by atoms with van der Waals surface area (Å²) in [5.74, 6) is 5.07. The molecule has 0 bridgehead atoms. The van der Waals surface area contributed by atoms with Crippen LogP contribution < -0.4 is 11.3 Å². The maximum absolute atomic E-state index is 11.4. The van der Waals surface area contributed by atoms with Crippen molar-refractivity contribution in [3.8, 4) is 0 Å². The molecule has 1 atom stereocenters. The molecule has 1 fully saturated rings. The van der Waals surface area contributed by atoms with E-state index in [0.717, 1.165) is 13.1 Å². The van der Waals surface area contributed by atoms with Crippen LogP contribution in [0.15, 0.2) is 0 Å². The number of rotatable bonds is 5. The zero-order valence-electron chi connectivity index (χ0n) is 10.5. The predicted molar refractivity (Wildman–Crippen MR) is 65.6 cm³/mol. The summed E-state index contributed by atoms with van der Waals surface area (Å²) >= 11 is 0. The first-order chi connectivity index (χ1) is 7.69. The van der Waals surface area contributed by atoms with Gasteiger partial charge in [-0.25, -0.2) is 5.84 Å². The van der Waals surface area contributed by atoms with Crippen molar-refractivity contribution in [3.05, 3.63) is 0 Å². The van der Waals surface area contributed by atoms with Gasteiger partial charge in [0, 0.05) is 18.5 Å². The van der Waals surface area contributed by atoms with Crippen molar-refractivity contribution in [2.24, 2.45) is 11.8 Å². The minimum Gasteiger partial charge on any atom is -0.300 e. The lowest BCUT2D eigenvalue weighted by Gasteiger charge is -2.34. The second-order valence-electron chi connectivity index (χ2n) is 4.79. The number of nitrogens with two attached hydrogens (primary N) is 1. The molecule has 0 heterocycles. The molecule has 1 rings (SSSR count). The predicted octanol–water partition coefficient (Wildman–Crippen LogP) is 1.27. The van der Waals surface area contributed by atoms with E-state index in [9.17, 15) is 4.79 Å². The fraction of sp³-hybridized carbons (Fsp3) is 0.917. The Morgan fingerprint density at radius 2 is 2.06 bits per heavy atom. The number of nitrogens with zero attached hydrogens (tertiary/aromatic N) is 1. The van der Waals surface area contributed by atoms with Crippen molar-refractivity contribution >= 4 is 5.91 Å². The van der Waals surface area contributed by atoms with Gasteiger partial charge in [0.2, 0.25) is 5.91 Å². The minimum absolute atomic E-state index is 0.0214. The molecule has 0 spiro atoms. The largest absolute Gasteiger partial charge is 0.300 e. The van der Waals surface area contributed by atoms with Crippen LogP contribution in [0, 0.1) is 5.92 Å². The molecule has 3 N–H and O–H groups in total. The van der Waals surface area contributed by atoms with Crippen molar-refractivity contribution < 1.29 is 4.79 Å². The molecule has 94 valence electrons. The first kappa shape index (κ1) is 13.5. The number of hydrogen-bond donors (Lipinski definition) is 2. The molecule has 0 aromatic rings. The van der Waals surface area contributed by atoms with Crippen LogP contribution in [0.2, 0.25) is 0 Å². The lowest BCUT2D eigenvalue weighted by atomic mass is 9.93. The summed E-state index contributed by atoms with van der Waals surface area (Å²) in [6.45, 7) is 5.95. The van der Waals surface area contributed by atoms with E-state index in [0.29, 0.717) is 6.04 Å². The number of carbonyl (C=O) groups excluding carboxylic acids is 1. The molecular weight excluding hydrogens is 202 g/mol. The Morgan fingerprint density at radius 1 is 1.44 bits per heavy atom. The van der Waals surface area contributed by atoms with Crippen LogP contribution in [0.1, 0.15) is 46.0 Å². The fourth-order valence-corrected chi connectivity index (χ4v) is 2.56. The SMILES string of the molecule is CCN(CC(C)C(=O)NN)C1CCCCC1. The molecule has 4 nitrogen and oxygen atoms in total. The highest BCUT2D eigenvalue weighted by molar-refractivity contribution is 5.77. The van der Waals surface area contributed by atoms with Gasteiger partial charge in [0.15, 0.2) is 0 Å². The number of nitrogens with one attached hydrogen (secondary N) is 1. The van der Waals surface area contributed by atoms with Crippen LogP contribution in [-0.4, -0.2) is 29.9 Å². The van der Waals surface area contributed by atoms with Crippen molar-refractivity contribution in [3.63, 3.8) is 0 Å². The summed E-state index contributed by atoms with van der Waals surface area (Å²) < 4.78 is 0. The maximum Gasteiger partial charge on any atom is 0.237 e. The smallest absolute Gasteiger partial charge is 0.237 e. The van der Waals surface area contributed by atoms with Crippen molar-refractivity contribution in [2.75, 3.05) is 13.1 Å². The van der Waals surface area contributed by atoms with Crippen LogP contribution in [0.25, 0.3) is 0 Å². The van der Waals surface area contributed by atoms with Crippen molar-refractivity contribution in [2.45, 2.75) is 52.0 Å². The van der Waals surface area contributed by atoms with E-state index >= 15 is 0 Å². The zero-order valence-corrected chi connectivity index (χ0v) is 10.5. The molecule has 0 aromatic carbocycles. The van der Waals surface area contributed by atoms with Gasteiger partial charge in [0.25, 0.3) is 0 Å². The van der Waals surface area contributed by atoms with Crippen LogP contribution in [0.4, 0.5) is 0 Å². The Hall–Kier alpha value is -0.610. The van der Waals surface area contributed by atoms with Crippen LogP contribution in [0.5, 0.6) is 0 Å². The molecule has 1 aliphatic rings. The lowest BCUT2D eigenvalue weighted by Crippen LogP contribution is -2.44. The third-order valence-electron chi connectivity index (χ3n) is 3.60. The van der Waals surface area contributed by atoms with E-state index in [4.69, 9.17) is 5.84 Å². The molecule has 0 radical (unpaired) electrons. The van der Waals surface area contributed by atoms with Gasteiger partial charge >= 0.3 is 0 Å². The van der Waals surface area contributed by atoms with Gasteiger partial charge in [-0.05, 0) is 19.4 Å². The fourth-order valence-electron chi connectivity index (χ4n) is 2.56. The highest BCUT2D eigenvalue weighted by Crippen LogP contribution is 2.23. The van der Waals surface area contributed by atoms with Crippen LogP contribution in [0.3, 0.4) is 0 Å². The molecule has 0 saturated heterocycles. The standard InChI is InChI=1S/C12H25N3O/c1-3-15(9-10(2)12(16)14-13)11-7-5-4-6-8-11/h10-11H,3-9,13H2,1-2H3,(H,14,16). The molecular formula is C12H25N3O. The first-order valence-electron chi connectivity index (χ1n) is 6.43. The monoisotopic (exact) mass is 227 g/mol. The summed E-state index contributed by atoms with van der Waals surface area (Å²) in [6.07, 6.45) is 6.60. The maximum atomic E-state index is 11.4. The average Bonchev–Trinajstić information content (AvgIpc) is 2.35. The lowest BCUT2D eigenvalue weighted by molar-refractivity contribution is -0.125. The van der Waals surface area contributed by atoms with E-state index in [1.165, 1.54) is 32.1 Å². The molecule has 1 aliphatic carbocycles. The molecule has 1 saturated carbocycles. The Balaban J connectivity index is 2.43. The Bertz CT molecular complexity index is 214. The highest BCUT2D eigenvalue weighted by Gasteiger charge is 2.23. The van der Waals surface area contributed by atoms with E-state index < -0.39 is 0 Å². The van der Waals surface area contributed by atoms with Crippen molar-refractivity contribution in [1.82, 2.24) is 10.3 Å². The van der Waals surface area contributed by atoms with Crippen LogP contribution in [-0.2, 0) is 4.79 Å². The zero-order chi connectivity index (χ0) is 12.0. The Morgan fingerprint density at radius 3 is 2.56 bits per heavy atom. The number of carbonyl (C=O) groups is 1. The van der Waals surface area contributed by atoms with E-state index in [1.54, 1.807) is 0 Å². The van der Waals surface area contributed by atoms with Gasteiger partial charge in [-0.15, -0.1) is 0 Å². The van der Waals surface area contributed by atoms with Crippen LogP contribution >= 0.6 is 0 Å². The summed E-state index contributed by atoms with van der Waals surface area (Å²) in [4.78, 5) is 13.8. The average molecular weight is 227 g/mol. The molecule has 0 aliphatic heterocycles. The highest BCUT2D eigenvalue weighted by atomic mass is 16.2. The molecule has 0 aromatic heterocycles. The molecule has 1 unspecified atom stereocenters. The van der Waals surface area contributed by atoms with Gasteiger partial charge in [-0.1, -0.05) is 33.1 Å². The van der Waals surface area contributed by atoms with Gasteiger partial charge in [0.1, 0.15) is 0 Å². The topological polar surface area (TPSA) is 58.4 Å². The van der Waals surface area contributed by atoms with Gasteiger partial charge < -0.3 is 0 Å². The van der Waals surface area contributed by atoms with Crippen molar-refractivity contribution in [1.29, 1.82) is 0 Å². The quantitative estimate of drug-likeness (QED) is 0.422. The summed E-state index contributed by atoms with van der Waals surface area (Å²) in [7, 11) is 0. The Labute approximate surface area is 98.5 Å². The second kappa shape index (κ2) is 6.86. The summed E-state index contributed by atoms with van der Waals surface area (Å²) in [5, 5.41) is 0. The minimum atomic E-state index is -0.0609. The molecule has 16 heavy (non-hydrogen) atoms. The van der Waals surface area contributed by atoms with Gasteiger partial charge in [0.05, 0.1) is 0 Å². The van der Waals surface area contributed by atoms with E-state index in [1.807, 2.05) is 6.92 Å². The van der Waals surface area contributed by atoms with Gasteiger partial charge in [-0.3, -0.25) is 15.1 Å². The van der Waals surface area contributed by atoms with E-state index in [2.05, 4.69) is 17.2 Å². The Kier molecular flexibility index (Phi) is 5.77. The second-order valence-corrected chi connectivity index (χ2v) is 4.79. The summed E-state index contributed by atoms with van der Waals surface area (Å²) in [6, 6.07) is 0.673. The van der Waals surface area contributed by atoms with Gasteiger partial charge in [-0.2, -0.15) is 0 Å². The molecule has 4 heteroatoms. The normalized spacial score (nSPS) is 19.8. The first-order valence-corrected chi connectivity index (χ1v) is 6.43. The molecule has 1 amide bonds. The van der Waals surface area contributed by atoms with E-state index in [-0.39, 0.29) is 11.8 Å². The number of hydrogen-bond acceptors (Lipinski definition) is 3. The summed E-state index contributed by atoms with van der Waals surface area (Å²) in [5.41, 5.74) is 2.23. The number of amides is 1.